The van der Waals surface area contributed by atoms with Crippen LogP contribution in [0.4, 0.5) is 4.39 Å². The summed E-state index contributed by atoms with van der Waals surface area (Å²) in [5.74, 6) is 0.374. The zero-order valence-corrected chi connectivity index (χ0v) is 13.6. The van der Waals surface area contributed by atoms with Gasteiger partial charge in [-0.1, -0.05) is 17.7 Å². The van der Waals surface area contributed by atoms with Crippen molar-refractivity contribution < 1.29 is 4.39 Å². The van der Waals surface area contributed by atoms with E-state index in [-0.39, 0.29) is 11.9 Å². The molecule has 3 nitrogen and oxygen atoms in total. The van der Waals surface area contributed by atoms with E-state index in [1.54, 1.807) is 12.1 Å². The van der Waals surface area contributed by atoms with Crippen LogP contribution in [0.25, 0.3) is 0 Å². The first kappa shape index (κ1) is 16.7. The molecule has 1 heterocycles. The van der Waals surface area contributed by atoms with E-state index in [1.165, 1.54) is 18.9 Å². The molecule has 1 saturated heterocycles. The molecule has 1 aliphatic rings. The van der Waals surface area contributed by atoms with Gasteiger partial charge in [0.05, 0.1) is 6.04 Å². The molecule has 1 unspecified atom stereocenters. The number of nitrogens with two attached hydrogens (primary N) is 1. The lowest BCUT2D eigenvalue weighted by Crippen LogP contribution is -2.39. The molecule has 1 aromatic rings. The molecular weight excluding hydrogens is 289 g/mol. The van der Waals surface area contributed by atoms with Gasteiger partial charge in [-0.2, -0.15) is 0 Å². The monoisotopic (exact) mass is 313 g/mol. The first-order valence-electron chi connectivity index (χ1n) is 7.55. The number of halogens is 2. The second-order valence-electron chi connectivity index (χ2n) is 6.07. The van der Waals surface area contributed by atoms with Gasteiger partial charge in [0.1, 0.15) is 5.82 Å². The zero-order chi connectivity index (χ0) is 15.4. The average molecular weight is 314 g/mol. The highest BCUT2D eigenvalue weighted by atomic mass is 35.5. The van der Waals surface area contributed by atoms with E-state index < -0.39 is 0 Å². The first-order chi connectivity index (χ1) is 10.0. The predicted octanol–water partition coefficient (Wildman–Crippen LogP) is 2.75. The molecule has 21 heavy (non-hydrogen) atoms. The van der Waals surface area contributed by atoms with Gasteiger partial charge in [0.25, 0.3) is 0 Å². The maximum absolute atomic E-state index is 14.1. The van der Waals surface area contributed by atoms with Crippen LogP contribution in [0.1, 0.15) is 24.4 Å². The van der Waals surface area contributed by atoms with Crippen molar-refractivity contribution in [2.45, 2.75) is 18.9 Å². The maximum Gasteiger partial charge on any atom is 0.129 e. The molecule has 118 valence electrons. The lowest BCUT2D eigenvalue weighted by atomic mass is 9.95. The number of hydrogen-bond acceptors (Lipinski definition) is 3. The summed E-state index contributed by atoms with van der Waals surface area (Å²) < 4.78 is 14.1. The maximum atomic E-state index is 14.1. The van der Waals surface area contributed by atoms with E-state index in [0.717, 1.165) is 19.6 Å². The summed E-state index contributed by atoms with van der Waals surface area (Å²) in [6.07, 6.45) is 2.37. The van der Waals surface area contributed by atoms with E-state index in [9.17, 15) is 4.39 Å². The number of piperidine rings is 1. The summed E-state index contributed by atoms with van der Waals surface area (Å²) in [7, 11) is 4.17. The van der Waals surface area contributed by atoms with Crippen molar-refractivity contribution in [2.24, 2.45) is 11.7 Å². The van der Waals surface area contributed by atoms with Crippen molar-refractivity contribution in [1.29, 1.82) is 0 Å². The van der Waals surface area contributed by atoms with Crippen LogP contribution in [0.2, 0.25) is 5.02 Å². The molecule has 1 fully saturated rings. The minimum absolute atomic E-state index is 0.168. The van der Waals surface area contributed by atoms with Crippen LogP contribution >= 0.6 is 11.6 Å². The van der Waals surface area contributed by atoms with Crippen molar-refractivity contribution in [2.75, 3.05) is 40.3 Å². The van der Waals surface area contributed by atoms with Gasteiger partial charge in [-0.25, -0.2) is 4.39 Å². The van der Waals surface area contributed by atoms with Crippen LogP contribution in [0.15, 0.2) is 18.2 Å². The topological polar surface area (TPSA) is 32.5 Å². The van der Waals surface area contributed by atoms with Crippen molar-refractivity contribution in [3.8, 4) is 0 Å². The highest BCUT2D eigenvalue weighted by molar-refractivity contribution is 6.31. The first-order valence-corrected chi connectivity index (χ1v) is 7.93. The third-order valence-corrected chi connectivity index (χ3v) is 4.80. The molecule has 1 aromatic carbocycles. The molecule has 1 aliphatic heterocycles. The summed E-state index contributed by atoms with van der Waals surface area (Å²) in [5.41, 5.74) is 6.42. The fraction of sp³-hybridized carbons (Fsp3) is 0.625. The molecule has 0 saturated carbocycles. The smallest absolute Gasteiger partial charge is 0.129 e. The Bertz CT molecular complexity index is 441. The summed E-state index contributed by atoms with van der Waals surface area (Å²) in [6, 6.07) is 4.64. The minimum Gasteiger partial charge on any atom is -0.329 e. The molecule has 0 bridgehead atoms. The van der Waals surface area contributed by atoms with Crippen LogP contribution in [0.3, 0.4) is 0 Å². The summed E-state index contributed by atoms with van der Waals surface area (Å²) in [5, 5.41) is 0.459. The summed E-state index contributed by atoms with van der Waals surface area (Å²) >= 11 is 6.18. The lowest BCUT2D eigenvalue weighted by molar-refractivity contribution is 0.150. The van der Waals surface area contributed by atoms with E-state index in [0.29, 0.717) is 23.0 Å². The molecular formula is C16H25ClFN3. The van der Waals surface area contributed by atoms with Crippen LogP contribution in [-0.2, 0) is 0 Å². The second-order valence-corrected chi connectivity index (χ2v) is 6.48. The molecule has 2 N–H and O–H groups in total. The van der Waals surface area contributed by atoms with Gasteiger partial charge in [0, 0.05) is 23.7 Å². The number of benzene rings is 1. The van der Waals surface area contributed by atoms with Gasteiger partial charge in [-0.3, -0.25) is 4.90 Å². The number of likely N-dealkylation sites (N-methyl/N-ethyl adjacent to an activating group) is 1. The van der Waals surface area contributed by atoms with Crippen LogP contribution in [-0.4, -0.2) is 50.1 Å². The van der Waals surface area contributed by atoms with Gasteiger partial charge in [0.15, 0.2) is 0 Å². The Morgan fingerprint density at radius 1 is 1.43 bits per heavy atom. The standard InChI is InChI=1S/C16H25ClFN3/c1-20-8-6-12(7-9-20)11-21(2)15(10-19)16-13(17)4-3-5-14(16)18/h3-5,12,15H,6-11,19H2,1-2H3. The summed E-state index contributed by atoms with van der Waals surface area (Å²) in [6.45, 7) is 3.56. The normalized spacial score (nSPS) is 19.1. The number of rotatable bonds is 5. The van der Waals surface area contributed by atoms with Gasteiger partial charge in [-0.15, -0.1) is 0 Å². The fourth-order valence-corrected chi connectivity index (χ4v) is 3.42. The van der Waals surface area contributed by atoms with Crippen LogP contribution in [0, 0.1) is 11.7 Å². The molecule has 1 atom stereocenters. The second kappa shape index (κ2) is 7.54. The molecule has 2 rings (SSSR count). The Morgan fingerprint density at radius 3 is 2.67 bits per heavy atom. The largest absolute Gasteiger partial charge is 0.329 e. The third-order valence-electron chi connectivity index (χ3n) is 4.47. The molecule has 0 amide bonds. The van der Waals surface area contributed by atoms with Crippen LogP contribution < -0.4 is 5.73 Å². The van der Waals surface area contributed by atoms with Gasteiger partial charge >= 0.3 is 0 Å². The fourth-order valence-electron chi connectivity index (χ4n) is 3.13. The number of nitrogens with zero attached hydrogens (tertiary/aromatic N) is 2. The van der Waals surface area contributed by atoms with E-state index in [4.69, 9.17) is 17.3 Å². The third kappa shape index (κ3) is 4.16. The Hall–Kier alpha value is -0.680. The van der Waals surface area contributed by atoms with Crippen LogP contribution in [0.5, 0.6) is 0 Å². The SMILES string of the molecule is CN1CCC(CN(C)C(CN)c2c(F)cccc2Cl)CC1. The van der Waals surface area contributed by atoms with E-state index >= 15 is 0 Å². The zero-order valence-electron chi connectivity index (χ0n) is 12.9. The quantitative estimate of drug-likeness (QED) is 0.907. The molecule has 0 aromatic heterocycles. The summed E-state index contributed by atoms with van der Waals surface area (Å²) in [4.78, 5) is 4.50. The Kier molecular flexibility index (Phi) is 5.99. The molecule has 0 aliphatic carbocycles. The minimum atomic E-state index is -0.270. The molecule has 0 radical (unpaired) electrons. The highest BCUT2D eigenvalue weighted by Crippen LogP contribution is 2.30. The predicted molar refractivity (Wildman–Crippen MR) is 86.1 cm³/mol. The van der Waals surface area contributed by atoms with Crippen molar-refractivity contribution in [3.63, 3.8) is 0 Å². The van der Waals surface area contributed by atoms with E-state index in [1.807, 2.05) is 7.05 Å². The lowest BCUT2D eigenvalue weighted by Gasteiger charge is -2.35. The van der Waals surface area contributed by atoms with Gasteiger partial charge in [-0.05, 0) is 58.1 Å². The van der Waals surface area contributed by atoms with Crippen molar-refractivity contribution in [1.82, 2.24) is 9.80 Å². The molecule has 5 heteroatoms. The van der Waals surface area contributed by atoms with Gasteiger partial charge < -0.3 is 10.6 Å². The highest BCUT2D eigenvalue weighted by Gasteiger charge is 2.25. The van der Waals surface area contributed by atoms with Crippen molar-refractivity contribution in [3.05, 3.63) is 34.6 Å². The average Bonchev–Trinajstić information content (AvgIpc) is 2.45. The van der Waals surface area contributed by atoms with E-state index in [2.05, 4.69) is 16.8 Å². The van der Waals surface area contributed by atoms with Gasteiger partial charge in [0.2, 0.25) is 0 Å². The Morgan fingerprint density at radius 2 is 2.10 bits per heavy atom. The Labute approximate surface area is 131 Å². The number of likely N-dealkylation sites (tertiary alicyclic amines) is 1. The number of hydrogen-bond donors (Lipinski definition) is 1. The molecule has 0 spiro atoms. The Balaban J connectivity index is 2.06. The van der Waals surface area contributed by atoms with Crippen molar-refractivity contribution >= 4 is 11.6 Å².